The summed E-state index contributed by atoms with van der Waals surface area (Å²) in [5, 5.41) is 8.61. The Morgan fingerprint density at radius 2 is 2.08 bits per heavy atom. The van der Waals surface area contributed by atoms with E-state index >= 15 is 0 Å². The second-order valence-electron chi connectivity index (χ2n) is 6.52. The van der Waals surface area contributed by atoms with E-state index in [2.05, 4.69) is 27.3 Å². The summed E-state index contributed by atoms with van der Waals surface area (Å²) >= 11 is 0. The number of hydrogen-bond donors (Lipinski definition) is 1. The number of nitrogens with one attached hydrogen (secondary N) is 1. The highest BCUT2D eigenvalue weighted by Crippen LogP contribution is 2.26. The average molecular weight is 351 g/mol. The number of aromatic nitrogens is 5. The SMILES string of the molecule is CCCN1C[C@@H](Nc2nc(-c3ccncc3)nc3c2cnn3C)CC1=O. The van der Waals surface area contributed by atoms with Gasteiger partial charge < -0.3 is 10.2 Å². The molecule has 8 nitrogen and oxygen atoms in total. The van der Waals surface area contributed by atoms with E-state index in [1.807, 2.05) is 24.1 Å². The van der Waals surface area contributed by atoms with Crippen molar-refractivity contribution >= 4 is 22.8 Å². The molecule has 0 saturated carbocycles. The number of carbonyl (C=O) groups is 1. The Bertz CT molecular complexity index is 937. The second-order valence-corrected chi connectivity index (χ2v) is 6.52. The van der Waals surface area contributed by atoms with Crippen molar-refractivity contribution in [3.8, 4) is 11.4 Å². The lowest BCUT2D eigenvalue weighted by molar-refractivity contribution is -0.127. The third kappa shape index (κ3) is 2.98. The topological polar surface area (TPSA) is 88.8 Å². The maximum atomic E-state index is 12.2. The third-order valence-corrected chi connectivity index (χ3v) is 4.58. The Morgan fingerprint density at radius 3 is 2.85 bits per heavy atom. The van der Waals surface area contributed by atoms with Gasteiger partial charge in [0.15, 0.2) is 11.5 Å². The van der Waals surface area contributed by atoms with Crippen LogP contribution in [-0.2, 0) is 11.8 Å². The summed E-state index contributed by atoms with van der Waals surface area (Å²) in [6.45, 7) is 3.58. The van der Waals surface area contributed by atoms with Gasteiger partial charge in [-0.3, -0.25) is 14.5 Å². The quantitative estimate of drug-likeness (QED) is 0.755. The van der Waals surface area contributed by atoms with Crippen LogP contribution in [-0.4, -0.2) is 54.7 Å². The molecule has 0 spiro atoms. The molecule has 0 aliphatic carbocycles. The number of rotatable bonds is 5. The maximum absolute atomic E-state index is 12.2. The highest BCUT2D eigenvalue weighted by atomic mass is 16.2. The van der Waals surface area contributed by atoms with Crippen molar-refractivity contribution in [1.82, 2.24) is 29.6 Å². The molecule has 26 heavy (non-hydrogen) atoms. The molecule has 4 rings (SSSR count). The van der Waals surface area contributed by atoms with Gasteiger partial charge in [-0.1, -0.05) is 6.92 Å². The lowest BCUT2D eigenvalue weighted by atomic mass is 10.2. The fraction of sp³-hybridized carbons (Fsp3) is 0.389. The van der Waals surface area contributed by atoms with Crippen LogP contribution >= 0.6 is 0 Å². The Hall–Kier alpha value is -3.03. The molecular weight excluding hydrogens is 330 g/mol. The van der Waals surface area contributed by atoms with E-state index in [0.717, 1.165) is 29.6 Å². The molecule has 1 saturated heterocycles. The van der Waals surface area contributed by atoms with Crippen molar-refractivity contribution in [3.05, 3.63) is 30.7 Å². The van der Waals surface area contributed by atoms with Crippen LogP contribution in [0, 0.1) is 0 Å². The molecule has 1 amide bonds. The van der Waals surface area contributed by atoms with Crippen LogP contribution in [0.25, 0.3) is 22.4 Å². The molecule has 0 bridgehead atoms. The second kappa shape index (κ2) is 6.70. The van der Waals surface area contributed by atoms with E-state index in [1.165, 1.54) is 0 Å². The van der Waals surface area contributed by atoms with Gasteiger partial charge in [-0.05, 0) is 18.6 Å². The van der Waals surface area contributed by atoms with Crippen LogP contribution in [0.2, 0.25) is 0 Å². The van der Waals surface area contributed by atoms with Crippen molar-refractivity contribution in [2.45, 2.75) is 25.8 Å². The fourth-order valence-electron chi connectivity index (χ4n) is 3.31. The first-order chi connectivity index (χ1) is 12.7. The minimum absolute atomic E-state index is 0.0395. The molecule has 1 aliphatic heterocycles. The van der Waals surface area contributed by atoms with Crippen molar-refractivity contribution < 1.29 is 4.79 Å². The standard InChI is InChI=1S/C18H21N7O/c1-3-8-25-11-13(9-15(25)26)21-17-14-10-20-24(2)18(14)23-16(22-17)12-4-6-19-7-5-12/h4-7,10,13H,3,8-9,11H2,1-2H3,(H,21,22,23)/t13-/m0/s1. The number of hydrogen-bond acceptors (Lipinski definition) is 6. The van der Waals surface area contributed by atoms with Gasteiger partial charge in [-0.25, -0.2) is 9.97 Å². The summed E-state index contributed by atoms with van der Waals surface area (Å²) in [7, 11) is 1.86. The van der Waals surface area contributed by atoms with Crippen molar-refractivity contribution in [2.75, 3.05) is 18.4 Å². The van der Waals surface area contributed by atoms with E-state index in [4.69, 9.17) is 4.98 Å². The minimum atomic E-state index is 0.0395. The number of nitrogens with zero attached hydrogens (tertiary/aromatic N) is 6. The molecule has 4 heterocycles. The van der Waals surface area contributed by atoms with Gasteiger partial charge in [0.05, 0.1) is 17.6 Å². The molecular formula is C18H21N7O. The monoisotopic (exact) mass is 351 g/mol. The first-order valence-electron chi connectivity index (χ1n) is 8.80. The van der Waals surface area contributed by atoms with E-state index in [0.29, 0.717) is 24.6 Å². The Morgan fingerprint density at radius 1 is 1.27 bits per heavy atom. The summed E-state index contributed by atoms with van der Waals surface area (Å²) < 4.78 is 1.73. The summed E-state index contributed by atoms with van der Waals surface area (Å²) in [5.74, 6) is 1.52. The number of amides is 1. The van der Waals surface area contributed by atoms with Gasteiger partial charge in [-0.15, -0.1) is 0 Å². The summed E-state index contributed by atoms with van der Waals surface area (Å²) in [6.07, 6.45) is 6.64. The van der Waals surface area contributed by atoms with Crippen molar-refractivity contribution in [3.63, 3.8) is 0 Å². The molecule has 0 radical (unpaired) electrons. The van der Waals surface area contributed by atoms with E-state index < -0.39 is 0 Å². The van der Waals surface area contributed by atoms with Crippen LogP contribution in [0.1, 0.15) is 19.8 Å². The molecule has 1 atom stereocenters. The van der Waals surface area contributed by atoms with Gasteiger partial charge >= 0.3 is 0 Å². The van der Waals surface area contributed by atoms with E-state index in [9.17, 15) is 4.79 Å². The zero-order chi connectivity index (χ0) is 18.1. The fourth-order valence-corrected chi connectivity index (χ4v) is 3.31. The zero-order valence-electron chi connectivity index (χ0n) is 14.9. The molecule has 0 aromatic carbocycles. The van der Waals surface area contributed by atoms with Crippen LogP contribution in [0.3, 0.4) is 0 Å². The highest BCUT2D eigenvalue weighted by molar-refractivity contribution is 5.89. The smallest absolute Gasteiger partial charge is 0.224 e. The van der Waals surface area contributed by atoms with Gasteiger partial charge in [0.25, 0.3) is 0 Å². The Balaban J connectivity index is 1.69. The van der Waals surface area contributed by atoms with Crippen LogP contribution < -0.4 is 5.32 Å². The van der Waals surface area contributed by atoms with Gasteiger partial charge in [0, 0.05) is 44.5 Å². The average Bonchev–Trinajstić information content (AvgIpc) is 3.19. The molecule has 3 aromatic heterocycles. The predicted molar refractivity (Wildman–Crippen MR) is 98.4 cm³/mol. The first kappa shape index (κ1) is 16.4. The summed E-state index contributed by atoms with van der Waals surface area (Å²) in [6, 6.07) is 3.80. The molecule has 1 aliphatic rings. The molecule has 8 heteroatoms. The molecule has 134 valence electrons. The maximum Gasteiger partial charge on any atom is 0.224 e. The molecule has 1 N–H and O–H groups in total. The van der Waals surface area contributed by atoms with Crippen LogP contribution in [0.4, 0.5) is 5.82 Å². The van der Waals surface area contributed by atoms with E-state index in [1.54, 1.807) is 23.3 Å². The number of carbonyl (C=O) groups excluding carboxylic acids is 1. The summed E-state index contributed by atoms with van der Waals surface area (Å²) in [5.41, 5.74) is 1.64. The van der Waals surface area contributed by atoms with Gasteiger partial charge in [0.1, 0.15) is 5.82 Å². The Labute approximate surface area is 151 Å². The van der Waals surface area contributed by atoms with Gasteiger partial charge in [0.2, 0.25) is 5.91 Å². The molecule has 0 unspecified atom stereocenters. The molecule has 3 aromatic rings. The minimum Gasteiger partial charge on any atom is -0.364 e. The highest BCUT2D eigenvalue weighted by Gasteiger charge is 2.29. The lowest BCUT2D eigenvalue weighted by Gasteiger charge is -2.17. The first-order valence-corrected chi connectivity index (χ1v) is 8.80. The van der Waals surface area contributed by atoms with Crippen LogP contribution in [0.5, 0.6) is 0 Å². The normalized spacial score (nSPS) is 17.2. The van der Waals surface area contributed by atoms with Crippen LogP contribution in [0.15, 0.2) is 30.7 Å². The number of aryl methyl sites for hydroxylation is 1. The van der Waals surface area contributed by atoms with E-state index in [-0.39, 0.29) is 11.9 Å². The van der Waals surface area contributed by atoms with Crippen molar-refractivity contribution in [2.24, 2.45) is 7.05 Å². The van der Waals surface area contributed by atoms with Crippen molar-refractivity contribution in [1.29, 1.82) is 0 Å². The largest absolute Gasteiger partial charge is 0.364 e. The number of fused-ring (bicyclic) bond motifs is 1. The number of anilines is 1. The number of pyridine rings is 1. The number of likely N-dealkylation sites (tertiary alicyclic amines) is 1. The zero-order valence-corrected chi connectivity index (χ0v) is 14.9. The molecule has 1 fully saturated rings. The predicted octanol–water partition coefficient (Wildman–Crippen LogP) is 1.85. The third-order valence-electron chi connectivity index (χ3n) is 4.58. The lowest BCUT2D eigenvalue weighted by Crippen LogP contribution is -2.28. The van der Waals surface area contributed by atoms with Gasteiger partial charge in [-0.2, -0.15) is 5.10 Å². The Kier molecular flexibility index (Phi) is 4.24. The summed E-state index contributed by atoms with van der Waals surface area (Å²) in [4.78, 5) is 27.5.